The predicted molar refractivity (Wildman–Crippen MR) is 73.3 cm³/mol. The van der Waals surface area contributed by atoms with E-state index >= 15 is 0 Å². The third-order valence-corrected chi connectivity index (χ3v) is 3.26. The van der Waals surface area contributed by atoms with Gasteiger partial charge in [0, 0.05) is 19.3 Å². The van der Waals surface area contributed by atoms with Crippen LogP contribution in [0.5, 0.6) is 0 Å². The van der Waals surface area contributed by atoms with Gasteiger partial charge in [0.15, 0.2) is 5.65 Å². The van der Waals surface area contributed by atoms with E-state index in [4.69, 9.17) is 4.74 Å². The average Bonchev–Trinajstić information content (AvgIpc) is 2.84. The number of nitrogens with zero attached hydrogens (tertiary/aromatic N) is 3. The van der Waals surface area contributed by atoms with Crippen LogP contribution in [0.15, 0.2) is 18.3 Å². The minimum atomic E-state index is -0.169. The Bertz CT molecular complexity index is 624. The van der Waals surface area contributed by atoms with Gasteiger partial charge in [-0.05, 0) is 19.1 Å². The Labute approximate surface area is 116 Å². The molecule has 0 fully saturated rings. The molecule has 0 spiro atoms. The summed E-state index contributed by atoms with van der Waals surface area (Å²) >= 11 is 0. The first-order valence-electron chi connectivity index (χ1n) is 6.71. The van der Waals surface area contributed by atoms with Crippen molar-refractivity contribution in [1.29, 1.82) is 0 Å². The van der Waals surface area contributed by atoms with Gasteiger partial charge in [0.2, 0.25) is 0 Å². The van der Waals surface area contributed by atoms with Crippen LogP contribution < -0.4 is 10.6 Å². The molecule has 0 bridgehead atoms. The van der Waals surface area contributed by atoms with Crippen LogP contribution in [0.25, 0.3) is 11.2 Å². The average molecular weight is 275 g/mol. The molecule has 2 amide bonds. The number of pyridine rings is 1. The number of imidazole rings is 1. The molecular weight excluding hydrogens is 258 g/mol. The van der Waals surface area contributed by atoms with Crippen molar-refractivity contribution in [3.05, 3.63) is 24.2 Å². The van der Waals surface area contributed by atoms with Gasteiger partial charge in [-0.25, -0.2) is 14.8 Å². The lowest BCUT2D eigenvalue weighted by Gasteiger charge is -2.25. The molecule has 1 aliphatic heterocycles. The number of aromatic nitrogens is 3. The first-order chi connectivity index (χ1) is 9.79. The van der Waals surface area contributed by atoms with Gasteiger partial charge in [-0.3, -0.25) is 0 Å². The lowest BCUT2D eigenvalue weighted by molar-refractivity contribution is 0.0570. The van der Waals surface area contributed by atoms with Gasteiger partial charge in [0.25, 0.3) is 0 Å². The number of urea groups is 1. The molecule has 0 radical (unpaired) electrons. The second kappa shape index (κ2) is 5.46. The van der Waals surface area contributed by atoms with Crippen LogP contribution in [0.2, 0.25) is 0 Å². The Balaban J connectivity index is 1.84. The molecule has 2 N–H and O–H groups in total. The van der Waals surface area contributed by atoms with Gasteiger partial charge < -0.3 is 19.9 Å². The molecule has 0 saturated heterocycles. The van der Waals surface area contributed by atoms with E-state index in [-0.39, 0.29) is 12.1 Å². The van der Waals surface area contributed by atoms with Crippen LogP contribution in [0.3, 0.4) is 0 Å². The number of ether oxygens (including phenoxy) is 1. The topological polar surface area (TPSA) is 81.1 Å². The van der Waals surface area contributed by atoms with E-state index in [0.717, 1.165) is 17.0 Å². The maximum atomic E-state index is 11.5. The van der Waals surface area contributed by atoms with Crippen molar-refractivity contribution in [2.45, 2.75) is 19.6 Å². The minimum Gasteiger partial charge on any atom is -0.371 e. The lowest BCUT2D eigenvalue weighted by Crippen LogP contribution is -2.40. The zero-order valence-electron chi connectivity index (χ0n) is 11.3. The molecule has 3 rings (SSSR count). The minimum absolute atomic E-state index is 0.0151. The predicted octanol–water partition coefficient (Wildman–Crippen LogP) is 0.822. The van der Waals surface area contributed by atoms with Crippen molar-refractivity contribution in [2.24, 2.45) is 0 Å². The molecule has 3 heterocycles. The van der Waals surface area contributed by atoms with Crippen molar-refractivity contribution in [3.8, 4) is 0 Å². The highest BCUT2D eigenvalue weighted by molar-refractivity contribution is 5.74. The number of rotatable bonds is 3. The maximum absolute atomic E-state index is 11.5. The highest BCUT2D eigenvalue weighted by Crippen LogP contribution is 2.23. The van der Waals surface area contributed by atoms with E-state index in [0.29, 0.717) is 26.3 Å². The van der Waals surface area contributed by atoms with E-state index in [1.54, 1.807) is 6.20 Å². The SMILES string of the molecule is CCNC(=O)NC[C@H]1COCc2nc3cccnc3n21. The van der Waals surface area contributed by atoms with Crippen LogP contribution >= 0.6 is 0 Å². The summed E-state index contributed by atoms with van der Waals surface area (Å²) in [5.74, 6) is 0.854. The standard InChI is InChI=1S/C13H17N5O2/c1-2-14-13(19)16-6-9-7-20-8-11-17-10-4-3-5-15-12(10)18(9)11/h3-5,9H,2,6-8H2,1H3,(H2,14,16,19)/t9-/m0/s1. The lowest BCUT2D eigenvalue weighted by atomic mass is 10.2. The van der Waals surface area contributed by atoms with Gasteiger partial charge >= 0.3 is 6.03 Å². The molecule has 20 heavy (non-hydrogen) atoms. The molecule has 7 heteroatoms. The molecule has 1 atom stereocenters. The first-order valence-corrected chi connectivity index (χ1v) is 6.71. The smallest absolute Gasteiger partial charge is 0.314 e. The summed E-state index contributed by atoms with van der Waals surface area (Å²) in [5.41, 5.74) is 1.70. The van der Waals surface area contributed by atoms with Gasteiger partial charge in [0.05, 0.1) is 12.6 Å². The van der Waals surface area contributed by atoms with E-state index in [1.807, 2.05) is 19.1 Å². The fraction of sp³-hybridized carbons (Fsp3) is 0.462. The van der Waals surface area contributed by atoms with Crippen molar-refractivity contribution in [2.75, 3.05) is 19.7 Å². The maximum Gasteiger partial charge on any atom is 0.314 e. The second-order valence-corrected chi connectivity index (χ2v) is 4.65. The molecule has 2 aromatic rings. The molecular formula is C13H17N5O2. The summed E-state index contributed by atoms with van der Waals surface area (Å²) in [7, 11) is 0. The van der Waals surface area contributed by atoms with Crippen LogP contribution in [-0.2, 0) is 11.3 Å². The van der Waals surface area contributed by atoms with Gasteiger partial charge in [-0.15, -0.1) is 0 Å². The molecule has 0 saturated carbocycles. The number of carbonyl (C=O) groups is 1. The van der Waals surface area contributed by atoms with Crippen LogP contribution in [0, 0.1) is 0 Å². The largest absolute Gasteiger partial charge is 0.371 e. The first kappa shape index (κ1) is 12.9. The number of carbonyl (C=O) groups excluding carboxylic acids is 1. The van der Waals surface area contributed by atoms with Gasteiger partial charge in [0.1, 0.15) is 17.9 Å². The van der Waals surface area contributed by atoms with Crippen molar-refractivity contribution in [1.82, 2.24) is 25.2 Å². The van der Waals surface area contributed by atoms with E-state index < -0.39 is 0 Å². The summed E-state index contributed by atoms with van der Waals surface area (Å²) < 4.78 is 7.61. The van der Waals surface area contributed by atoms with E-state index in [9.17, 15) is 4.79 Å². The van der Waals surface area contributed by atoms with E-state index in [2.05, 4.69) is 25.2 Å². The summed E-state index contributed by atoms with van der Waals surface area (Å²) in [6.45, 7) is 4.00. The highest BCUT2D eigenvalue weighted by atomic mass is 16.5. The quantitative estimate of drug-likeness (QED) is 0.869. The molecule has 2 aromatic heterocycles. The molecule has 0 aliphatic carbocycles. The molecule has 7 nitrogen and oxygen atoms in total. The molecule has 0 unspecified atom stereocenters. The Hall–Kier alpha value is -2.15. The summed E-state index contributed by atoms with van der Waals surface area (Å²) in [6, 6.07) is 3.64. The summed E-state index contributed by atoms with van der Waals surface area (Å²) in [5, 5.41) is 5.55. The van der Waals surface area contributed by atoms with Crippen LogP contribution in [-0.4, -0.2) is 40.3 Å². The Kier molecular flexibility index (Phi) is 3.51. The monoisotopic (exact) mass is 275 g/mol. The van der Waals surface area contributed by atoms with Crippen molar-refractivity contribution >= 4 is 17.2 Å². The fourth-order valence-electron chi connectivity index (χ4n) is 2.41. The number of nitrogens with one attached hydrogen (secondary N) is 2. The van der Waals surface area contributed by atoms with Crippen LogP contribution in [0.4, 0.5) is 4.79 Å². The second-order valence-electron chi connectivity index (χ2n) is 4.65. The number of hydrogen-bond donors (Lipinski definition) is 2. The Morgan fingerprint density at radius 2 is 2.45 bits per heavy atom. The third kappa shape index (κ3) is 2.32. The normalized spacial score (nSPS) is 17.8. The van der Waals surface area contributed by atoms with E-state index in [1.165, 1.54) is 0 Å². The van der Waals surface area contributed by atoms with Gasteiger partial charge in [-0.2, -0.15) is 0 Å². The summed E-state index contributed by atoms with van der Waals surface area (Å²) in [6.07, 6.45) is 1.75. The number of fused-ring (bicyclic) bond motifs is 3. The zero-order valence-corrected chi connectivity index (χ0v) is 11.3. The van der Waals surface area contributed by atoms with Gasteiger partial charge in [-0.1, -0.05) is 0 Å². The summed E-state index contributed by atoms with van der Waals surface area (Å²) in [4.78, 5) is 20.4. The molecule has 0 aromatic carbocycles. The number of amides is 2. The fourth-order valence-corrected chi connectivity index (χ4v) is 2.41. The molecule has 106 valence electrons. The van der Waals surface area contributed by atoms with Crippen molar-refractivity contribution < 1.29 is 9.53 Å². The highest BCUT2D eigenvalue weighted by Gasteiger charge is 2.24. The van der Waals surface area contributed by atoms with Crippen molar-refractivity contribution in [3.63, 3.8) is 0 Å². The van der Waals surface area contributed by atoms with Crippen LogP contribution in [0.1, 0.15) is 18.8 Å². The molecule has 1 aliphatic rings. The zero-order chi connectivity index (χ0) is 13.9. The Morgan fingerprint density at radius 3 is 3.30 bits per heavy atom. The number of hydrogen-bond acceptors (Lipinski definition) is 4. The third-order valence-electron chi connectivity index (χ3n) is 3.26. The Morgan fingerprint density at radius 1 is 1.55 bits per heavy atom.